The van der Waals surface area contributed by atoms with E-state index in [1.165, 1.54) is 4.90 Å². The van der Waals surface area contributed by atoms with E-state index in [1.807, 2.05) is 18.2 Å². The van der Waals surface area contributed by atoms with E-state index < -0.39 is 0 Å². The highest BCUT2D eigenvalue weighted by molar-refractivity contribution is 7.98. The maximum absolute atomic E-state index is 11.8. The lowest BCUT2D eigenvalue weighted by molar-refractivity contribution is 0.893. The molecular weight excluding hydrogens is 244 g/mol. The molecule has 1 aliphatic rings. The Morgan fingerprint density at radius 1 is 1.22 bits per heavy atom. The van der Waals surface area contributed by atoms with Gasteiger partial charge in [-0.1, -0.05) is 18.2 Å². The normalized spacial score (nSPS) is 13.6. The Morgan fingerprint density at radius 2 is 2.06 bits per heavy atom. The first-order valence-electron chi connectivity index (χ1n) is 6.12. The summed E-state index contributed by atoms with van der Waals surface area (Å²) in [5.74, 6) is 1.50. The van der Waals surface area contributed by atoms with E-state index in [0.29, 0.717) is 5.75 Å². The predicted molar refractivity (Wildman–Crippen MR) is 72.9 cm³/mol. The van der Waals surface area contributed by atoms with Crippen molar-refractivity contribution in [3.8, 4) is 0 Å². The Morgan fingerprint density at radius 3 is 2.89 bits per heavy atom. The minimum absolute atomic E-state index is 0.0566. The van der Waals surface area contributed by atoms with Gasteiger partial charge < -0.3 is 4.98 Å². The number of aryl methyl sites for hydroxylation is 1. The fraction of sp³-hybridized carbons (Fsp3) is 0.286. The number of benzene rings is 1. The van der Waals surface area contributed by atoms with Gasteiger partial charge in [0.15, 0.2) is 0 Å². The monoisotopic (exact) mass is 258 g/mol. The second-order valence-corrected chi connectivity index (χ2v) is 5.44. The lowest BCUT2D eigenvalue weighted by Crippen LogP contribution is -2.16. The summed E-state index contributed by atoms with van der Waals surface area (Å²) in [5, 5.41) is 0. The maximum Gasteiger partial charge on any atom is 0.254 e. The zero-order chi connectivity index (χ0) is 12.4. The summed E-state index contributed by atoms with van der Waals surface area (Å²) >= 11 is 1.70. The molecule has 3 nitrogen and oxygen atoms in total. The number of thioether (sulfide) groups is 1. The summed E-state index contributed by atoms with van der Waals surface area (Å²) < 4.78 is 0. The Hall–Kier alpha value is -1.55. The number of aromatic amines is 1. The molecule has 1 N–H and O–H groups in total. The van der Waals surface area contributed by atoms with Crippen molar-refractivity contribution in [2.24, 2.45) is 0 Å². The van der Waals surface area contributed by atoms with Crippen molar-refractivity contribution in [2.75, 3.05) is 0 Å². The van der Waals surface area contributed by atoms with Gasteiger partial charge >= 0.3 is 0 Å². The molecule has 0 atom stereocenters. The number of nitrogens with zero attached hydrogens (tertiary/aromatic N) is 1. The Bertz CT molecular complexity index is 607. The molecule has 0 amide bonds. The first-order valence-corrected chi connectivity index (χ1v) is 7.10. The molecule has 3 rings (SSSR count). The summed E-state index contributed by atoms with van der Waals surface area (Å²) in [6.45, 7) is 0. The van der Waals surface area contributed by atoms with Crippen LogP contribution in [0.3, 0.4) is 0 Å². The van der Waals surface area contributed by atoms with Crippen molar-refractivity contribution in [1.82, 2.24) is 9.97 Å². The van der Waals surface area contributed by atoms with Crippen molar-refractivity contribution in [3.63, 3.8) is 0 Å². The van der Waals surface area contributed by atoms with E-state index in [-0.39, 0.29) is 5.56 Å². The summed E-state index contributed by atoms with van der Waals surface area (Å²) in [6, 6.07) is 10.2. The molecule has 2 aromatic rings. The number of aromatic nitrogens is 2. The molecule has 0 spiro atoms. The van der Waals surface area contributed by atoms with Gasteiger partial charge in [-0.05, 0) is 31.4 Å². The van der Waals surface area contributed by atoms with Crippen LogP contribution in [0.15, 0.2) is 40.0 Å². The molecule has 0 bridgehead atoms. The Balaban J connectivity index is 1.78. The molecule has 1 aliphatic carbocycles. The molecule has 4 heteroatoms. The Labute approximate surface area is 110 Å². The minimum atomic E-state index is 0.0566. The lowest BCUT2D eigenvalue weighted by atomic mass is 10.2. The highest BCUT2D eigenvalue weighted by Crippen LogP contribution is 2.22. The largest absolute Gasteiger partial charge is 0.310 e. The van der Waals surface area contributed by atoms with Crippen molar-refractivity contribution < 1.29 is 0 Å². The fourth-order valence-electron chi connectivity index (χ4n) is 2.23. The molecule has 92 valence electrons. The number of hydrogen-bond acceptors (Lipinski definition) is 3. The third-order valence-corrected chi connectivity index (χ3v) is 4.13. The molecule has 0 aliphatic heterocycles. The summed E-state index contributed by atoms with van der Waals surface area (Å²) in [6.07, 6.45) is 2.88. The van der Waals surface area contributed by atoms with Gasteiger partial charge in [0.1, 0.15) is 5.82 Å². The third kappa shape index (κ3) is 2.34. The van der Waals surface area contributed by atoms with E-state index in [1.54, 1.807) is 11.8 Å². The number of H-pyrrole nitrogens is 1. The van der Waals surface area contributed by atoms with Crippen LogP contribution in [0.25, 0.3) is 0 Å². The molecule has 1 heterocycles. The molecule has 18 heavy (non-hydrogen) atoms. The SMILES string of the molecule is O=c1[nH]c(CSc2ccccc2)nc2c1CCC2. The van der Waals surface area contributed by atoms with Crippen LogP contribution in [0.4, 0.5) is 0 Å². The second-order valence-electron chi connectivity index (χ2n) is 4.39. The van der Waals surface area contributed by atoms with Crippen LogP contribution in [0.5, 0.6) is 0 Å². The van der Waals surface area contributed by atoms with E-state index >= 15 is 0 Å². The van der Waals surface area contributed by atoms with Crippen LogP contribution in [0.1, 0.15) is 23.5 Å². The zero-order valence-electron chi connectivity index (χ0n) is 9.98. The van der Waals surface area contributed by atoms with Gasteiger partial charge in [0.25, 0.3) is 5.56 Å². The number of nitrogens with one attached hydrogen (secondary N) is 1. The summed E-state index contributed by atoms with van der Waals surface area (Å²) in [4.78, 5) is 20.5. The van der Waals surface area contributed by atoms with Gasteiger partial charge in [0.05, 0.1) is 11.4 Å². The van der Waals surface area contributed by atoms with Gasteiger partial charge in [0.2, 0.25) is 0 Å². The van der Waals surface area contributed by atoms with Crippen molar-refractivity contribution in [1.29, 1.82) is 0 Å². The van der Waals surface area contributed by atoms with Gasteiger partial charge in [-0.25, -0.2) is 4.98 Å². The van der Waals surface area contributed by atoms with Crippen LogP contribution in [-0.2, 0) is 18.6 Å². The summed E-state index contributed by atoms with van der Waals surface area (Å²) in [7, 11) is 0. The number of rotatable bonds is 3. The van der Waals surface area contributed by atoms with E-state index in [2.05, 4.69) is 22.1 Å². The predicted octanol–water partition coefficient (Wildman–Crippen LogP) is 2.55. The molecule has 0 radical (unpaired) electrons. The average molecular weight is 258 g/mol. The second kappa shape index (κ2) is 4.98. The molecule has 1 aromatic carbocycles. The van der Waals surface area contributed by atoms with Crippen molar-refractivity contribution in [2.45, 2.75) is 29.9 Å². The third-order valence-electron chi connectivity index (χ3n) is 3.11. The first kappa shape index (κ1) is 11.5. The quantitative estimate of drug-likeness (QED) is 0.861. The number of fused-ring (bicyclic) bond motifs is 1. The maximum atomic E-state index is 11.8. The topological polar surface area (TPSA) is 45.8 Å². The average Bonchev–Trinajstić information content (AvgIpc) is 2.86. The summed E-state index contributed by atoms with van der Waals surface area (Å²) in [5.41, 5.74) is 1.95. The van der Waals surface area contributed by atoms with Gasteiger partial charge in [-0.15, -0.1) is 11.8 Å². The van der Waals surface area contributed by atoms with Gasteiger partial charge in [-0.2, -0.15) is 0 Å². The zero-order valence-corrected chi connectivity index (χ0v) is 10.8. The van der Waals surface area contributed by atoms with E-state index in [0.717, 1.165) is 36.3 Å². The minimum Gasteiger partial charge on any atom is -0.310 e. The lowest BCUT2D eigenvalue weighted by Gasteiger charge is -2.04. The first-order chi connectivity index (χ1) is 8.83. The van der Waals surface area contributed by atoms with Gasteiger partial charge in [-0.3, -0.25) is 4.79 Å². The van der Waals surface area contributed by atoms with Gasteiger partial charge in [0, 0.05) is 10.5 Å². The van der Waals surface area contributed by atoms with Crippen LogP contribution in [0, 0.1) is 0 Å². The fourth-order valence-corrected chi connectivity index (χ4v) is 3.02. The highest BCUT2D eigenvalue weighted by Gasteiger charge is 2.16. The molecule has 0 fully saturated rings. The van der Waals surface area contributed by atoms with E-state index in [4.69, 9.17) is 0 Å². The standard InChI is InChI=1S/C14H14N2OS/c17-14-11-7-4-8-12(11)15-13(16-14)9-18-10-5-2-1-3-6-10/h1-3,5-6H,4,7-9H2,(H,15,16,17). The van der Waals surface area contributed by atoms with Crippen LogP contribution in [0.2, 0.25) is 0 Å². The molecule has 0 saturated heterocycles. The molecular formula is C14H14N2OS. The Kier molecular flexibility index (Phi) is 3.19. The van der Waals surface area contributed by atoms with Crippen LogP contribution in [-0.4, -0.2) is 9.97 Å². The van der Waals surface area contributed by atoms with Crippen molar-refractivity contribution in [3.05, 3.63) is 57.8 Å². The van der Waals surface area contributed by atoms with E-state index in [9.17, 15) is 4.79 Å². The molecule has 1 aromatic heterocycles. The molecule has 0 saturated carbocycles. The van der Waals surface area contributed by atoms with Crippen LogP contribution < -0.4 is 5.56 Å². The smallest absolute Gasteiger partial charge is 0.254 e. The number of hydrogen-bond donors (Lipinski definition) is 1. The van der Waals surface area contributed by atoms with Crippen molar-refractivity contribution >= 4 is 11.8 Å². The van der Waals surface area contributed by atoms with Crippen LogP contribution >= 0.6 is 11.8 Å². The highest BCUT2D eigenvalue weighted by atomic mass is 32.2. The molecule has 0 unspecified atom stereocenters.